The number of carbonyl (C=O) groups excluding carboxylic acids is 2. The lowest BCUT2D eigenvalue weighted by molar-refractivity contribution is 0.0301. The van der Waals surface area contributed by atoms with Crippen LogP contribution in [0, 0.1) is 0 Å². The number of amides is 2. The second-order valence-corrected chi connectivity index (χ2v) is 8.61. The maximum absolute atomic E-state index is 11.9. The van der Waals surface area contributed by atoms with Crippen LogP contribution in [0.2, 0.25) is 0 Å². The summed E-state index contributed by atoms with van der Waals surface area (Å²) in [6.07, 6.45) is 1.54. The Bertz CT molecular complexity index is 470. The summed E-state index contributed by atoms with van der Waals surface area (Å²) in [6.45, 7) is 6.50. The minimum atomic E-state index is -1.63. The first-order chi connectivity index (χ1) is 10.5. The Morgan fingerprint density at radius 3 is 2.52 bits per heavy atom. The highest BCUT2D eigenvalue weighted by Crippen LogP contribution is 2.25. The van der Waals surface area contributed by atoms with Gasteiger partial charge in [-0.25, -0.2) is 9.59 Å². The molecule has 0 saturated heterocycles. The molecule has 6 nitrogen and oxygen atoms in total. The molecule has 2 amide bonds. The third kappa shape index (κ3) is 9.13. The minimum absolute atomic E-state index is 0.321. The molecule has 1 aliphatic heterocycles. The summed E-state index contributed by atoms with van der Waals surface area (Å²) in [7, 11) is 0. The molecule has 1 aliphatic rings. The third-order valence-electron chi connectivity index (χ3n) is 2.73. The molecule has 0 fully saturated rings. The number of carbonyl (C=O) groups is 2. The van der Waals surface area contributed by atoms with Gasteiger partial charge in [0.1, 0.15) is 12.2 Å². The first-order valence-corrected chi connectivity index (χ1v) is 8.23. The smallest absolute Gasteiger partial charge is 0.410 e. The van der Waals surface area contributed by atoms with E-state index in [1.165, 1.54) is 0 Å². The monoisotopic (exact) mass is 386 g/mol. The molecule has 0 bridgehead atoms. The lowest BCUT2D eigenvalue weighted by atomic mass is 10.2. The Labute approximate surface area is 151 Å². The number of nitrogens with one attached hydrogen (secondary N) is 1. The average Bonchev–Trinajstić information content (AvgIpc) is 2.82. The molecule has 0 aromatic heterocycles. The molecule has 23 heavy (non-hydrogen) atoms. The van der Waals surface area contributed by atoms with Crippen LogP contribution in [0.3, 0.4) is 0 Å². The predicted octanol–water partition coefficient (Wildman–Crippen LogP) is 3.65. The Kier molecular flexibility index (Phi) is 7.29. The van der Waals surface area contributed by atoms with Crippen molar-refractivity contribution in [2.75, 3.05) is 26.2 Å². The Morgan fingerprint density at radius 1 is 1.30 bits per heavy atom. The summed E-state index contributed by atoms with van der Waals surface area (Å²) in [5.74, 6) is 0. The zero-order chi connectivity index (χ0) is 17.7. The van der Waals surface area contributed by atoms with Crippen molar-refractivity contribution in [3.8, 4) is 0 Å². The van der Waals surface area contributed by atoms with Crippen LogP contribution in [0.5, 0.6) is 0 Å². The van der Waals surface area contributed by atoms with Gasteiger partial charge in [-0.05, 0) is 27.2 Å². The zero-order valence-corrected chi connectivity index (χ0v) is 15.6. The van der Waals surface area contributed by atoms with Gasteiger partial charge < -0.3 is 19.7 Å². The largest absolute Gasteiger partial charge is 0.445 e. The molecule has 0 aromatic carbocycles. The number of rotatable bonds is 4. The van der Waals surface area contributed by atoms with Gasteiger partial charge in [0.2, 0.25) is 3.79 Å². The first kappa shape index (κ1) is 20.2. The maximum atomic E-state index is 11.9. The molecule has 0 aromatic rings. The Morgan fingerprint density at radius 2 is 1.96 bits per heavy atom. The fourth-order valence-electron chi connectivity index (χ4n) is 1.78. The van der Waals surface area contributed by atoms with Gasteiger partial charge in [-0.2, -0.15) is 0 Å². The van der Waals surface area contributed by atoms with Gasteiger partial charge in [-0.3, -0.25) is 0 Å². The van der Waals surface area contributed by atoms with Gasteiger partial charge in [0.15, 0.2) is 0 Å². The van der Waals surface area contributed by atoms with Gasteiger partial charge in [-0.15, -0.1) is 0 Å². The summed E-state index contributed by atoms with van der Waals surface area (Å²) in [5.41, 5.74) is 0.519. The highest BCUT2D eigenvalue weighted by Gasteiger charge is 2.25. The van der Waals surface area contributed by atoms with E-state index in [0.29, 0.717) is 26.1 Å². The van der Waals surface area contributed by atoms with Crippen molar-refractivity contribution in [2.24, 2.45) is 0 Å². The van der Waals surface area contributed by atoms with E-state index in [-0.39, 0.29) is 12.7 Å². The van der Waals surface area contributed by atoms with Crippen LogP contribution in [0.4, 0.5) is 9.59 Å². The number of hydrogen-bond donors (Lipinski definition) is 1. The summed E-state index contributed by atoms with van der Waals surface area (Å²) in [6, 6.07) is 0. The number of halogens is 3. The molecule has 0 atom stereocenters. The molecule has 0 saturated carbocycles. The normalized spacial score (nSPS) is 15.2. The second kappa shape index (κ2) is 8.31. The first-order valence-electron chi connectivity index (χ1n) is 7.09. The standard InChI is InChI=1S/C14H21Cl3N2O4/c1-13(2,3)23-12(21)19-7-5-10(8-19)4-6-18-11(20)22-9-14(15,16)17/h5H,4,6-9H2,1-3H3,(H,18,20). The van der Waals surface area contributed by atoms with Crippen LogP contribution in [0.15, 0.2) is 11.6 Å². The topological polar surface area (TPSA) is 67.9 Å². The van der Waals surface area contributed by atoms with E-state index in [9.17, 15) is 9.59 Å². The van der Waals surface area contributed by atoms with Crippen LogP contribution < -0.4 is 5.32 Å². The van der Waals surface area contributed by atoms with Crippen molar-refractivity contribution in [3.63, 3.8) is 0 Å². The van der Waals surface area contributed by atoms with Gasteiger partial charge in [0.25, 0.3) is 0 Å². The van der Waals surface area contributed by atoms with Crippen molar-refractivity contribution >= 4 is 47.0 Å². The molecule has 0 unspecified atom stereocenters. The molecule has 0 aliphatic carbocycles. The van der Waals surface area contributed by atoms with E-state index in [4.69, 9.17) is 44.3 Å². The summed E-state index contributed by atoms with van der Waals surface area (Å²) < 4.78 is 8.41. The number of alkyl carbamates (subject to hydrolysis) is 1. The van der Waals surface area contributed by atoms with Gasteiger partial charge in [0, 0.05) is 19.6 Å². The van der Waals surface area contributed by atoms with E-state index >= 15 is 0 Å². The second-order valence-electron chi connectivity index (χ2n) is 6.09. The van der Waals surface area contributed by atoms with Crippen molar-refractivity contribution in [1.29, 1.82) is 0 Å². The number of hydrogen-bond acceptors (Lipinski definition) is 4. The van der Waals surface area contributed by atoms with E-state index in [1.54, 1.807) is 4.90 Å². The van der Waals surface area contributed by atoms with Crippen LogP contribution in [-0.4, -0.2) is 52.7 Å². The Balaban J connectivity index is 2.23. The molecule has 132 valence electrons. The summed E-state index contributed by atoms with van der Waals surface area (Å²) in [5, 5.41) is 2.55. The van der Waals surface area contributed by atoms with Crippen LogP contribution >= 0.6 is 34.8 Å². The van der Waals surface area contributed by atoms with Crippen LogP contribution in [0.25, 0.3) is 0 Å². The molecule has 1 heterocycles. The van der Waals surface area contributed by atoms with E-state index in [0.717, 1.165) is 5.57 Å². The third-order valence-corrected chi connectivity index (χ3v) is 3.06. The SMILES string of the molecule is CC(C)(C)OC(=O)N1CC=C(CCNC(=O)OCC(Cl)(Cl)Cl)C1. The molecular formula is C14H21Cl3N2O4. The number of alkyl halides is 3. The van der Waals surface area contributed by atoms with E-state index in [1.807, 2.05) is 26.8 Å². The molecule has 0 radical (unpaired) electrons. The van der Waals surface area contributed by atoms with Gasteiger partial charge in [-0.1, -0.05) is 46.5 Å². The Hall–Kier alpha value is -0.850. The summed E-state index contributed by atoms with van der Waals surface area (Å²) in [4.78, 5) is 24.9. The average molecular weight is 388 g/mol. The fraction of sp³-hybridized carbons (Fsp3) is 0.714. The van der Waals surface area contributed by atoms with E-state index in [2.05, 4.69) is 5.32 Å². The number of nitrogens with zero attached hydrogens (tertiary/aromatic N) is 1. The van der Waals surface area contributed by atoms with Gasteiger partial charge >= 0.3 is 12.2 Å². The quantitative estimate of drug-likeness (QED) is 0.590. The van der Waals surface area contributed by atoms with Crippen molar-refractivity contribution < 1.29 is 19.1 Å². The predicted molar refractivity (Wildman–Crippen MR) is 90.1 cm³/mol. The molecule has 1 rings (SSSR count). The molecule has 9 heteroatoms. The number of ether oxygens (including phenoxy) is 2. The van der Waals surface area contributed by atoms with Crippen molar-refractivity contribution in [1.82, 2.24) is 10.2 Å². The highest BCUT2D eigenvalue weighted by molar-refractivity contribution is 6.67. The van der Waals surface area contributed by atoms with Crippen molar-refractivity contribution in [3.05, 3.63) is 11.6 Å². The van der Waals surface area contributed by atoms with Crippen LogP contribution in [-0.2, 0) is 9.47 Å². The maximum Gasteiger partial charge on any atom is 0.410 e. The van der Waals surface area contributed by atoms with Crippen LogP contribution in [0.1, 0.15) is 27.2 Å². The summed E-state index contributed by atoms with van der Waals surface area (Å²) >= 11 is 16.4. The fourth-order valence-corrected chi connectivity index (χ4v) is 1.95. The van der Waals surface area contributed by atoms with Gasteiger partial charge in [0.05, 0.1) is 0 Å². The lowest BCUT2D eigenvalue weighted by Crippen LogP contribution is -2.35. The van der Waals surface area contributed by atoms with Crippen molar-refractivity contribution in [2.45, 2.75) is 36.6 Å². The zero-order valence-electron chi connectivity index (χ0n) is 13.3. The highest BCUT2D eigenvalue weighted by atomic mass is 35.6. The molecule has 0 spiro atoms. The molecule has 1 N–H and O–H groups in total. The molecular weight excluding hydrogens is 367 g/mol. The minimum Gasteiger partial charge on any atom is -0.445 e. The van der Waals surface area contributed by atoms with E-state index < -0.39 is 15.5 Å². The lowest BCUT2D eigenvalue weighted by Gasteiger charge is -2.24.